The van der Waals surface area contributed by atoms with Gasteiger partial charge in [-0.15, -0.1) is 0 Å². The van der Waals surface area contributed by atoms with Gasteiger partial charge in [-0.2, -0.15) is 0 Å². The van der Waals surface area contributed by atoms with Gasteiger partial charge in [0.25, 0.3) is 0 Å². The second kappa shape index (κ2) is 10.2. The molecule has 9 heteroatoms. The molecule has 1 fully saturated rings. The number of carbonyl (C=O) groups excluding carboxylic acids is 3. The van der Waals surface area contributed by atoms with E-state index in [4.69, 9.17) is 14.2 Å². The van der Waals surface area contributed by atoms with E-state index in [-0.39, 0.29) is 24.3 Å². The Morgan fingerprint density at radius 3 is 2.61 bits per heavy atom. The molecule has 0 aromatic heterocycles. The van der Waals surface area contributed by atoms with Crippen molar-refractivity contribution >= 4 is 29.3 Å². The van der Waals surface area contributed by atoms with Crippen molar-refractivity contribution in [3.63, 3.8) is 0 Å². The van der Waals surface area contributed by atoms with Gasteiger partial charge in [-0.3, -0.25) is 4.79 Å². The highest BCUT2D eigenvalue weighted by Gasteiger charge is 2.32. The number of carbonyl (C=O) groups is 3. The van der Waals surface area contributed by atoms with Crippen LogP contribution >= 0.6 is 0 Å². The first-order valence-corrected chi connectivity index (χ1v) is 11.1. The van der Waals surface area contributed by atoms with Crippen LogP contribution in [0.5, 0.6) is 11.5 Å². The van der Waals surface area contributed by atoms with Gasteiger partial charge in [-0.25, -0.2) is 9.59 Å². The van der Waals surface area contributed by atoms with E-state index >= 15 is 0 Å². The number of hydrogen-bond acceptors (Lipinski definition) is 6. The fourth-order valence-corrected chi connectivity index (χ4v) is 3.69. The van der Waals surface area contributed by atoms with E-state index in [1.165, 1.54) is 0 Å². The van der Waals surface area contributed by atoms with E-state index in [2.05, 4.69) is 10.6 Å². The van der Waals surface area contributed by atoms with E-state index in [1.54, 1.807) is 41.3 Å². The number of hydrogen-bond donors (Lipinski definition) is 2. The van der Waals surface area contributed by atoms with Crippen molar-refractivity contribution < 1.29 is 28.6 Å². The van der Waals surface area contributed by atoms with Crippen LogP contribution in [0, 0.1) is 0 Å². The Morgan fingerprint density at radius 1 is 1.09 bits per heavy atom. The zero-order valence-electron chi connectivity index (χ0n) is 18.5. The molecular weight excluding hydrogens is 426 g/mol. The van der Waals surface area contributed by atoms with E-state index in [9.17, 15) is 14.4 Å². The van der Waals surface area contributed by atoms with Gasteiger partial charge in [-0.05, 0) is 42.8 Å². The van der Waals surface area contributed by atoms with Gasteiger partial charge in [0.2, 0.25) is 5.91 Å². The average Bonchev–Trinajstić information content (AvgIpc) is 3.18. The lowest BCUT2D eigenvalue weighted by molar-refractivity contribution is -0.117. The zero-order chi connectivity index (χ0) is 23.2. The van der Waals surface area contributed by atoms with Gasteiger partial charge in [0.15, 0.2) is 11.5 Å². The maximum Gasteiger partial charge on any atom is 0.338 e. The normalized spacial score (nSPS) is 16.9. The summed E-state index contributed by atoms with van der Waals surface area (Å²) < 4.78 is 16.3. The first-order valence-electron chi connectivity index (χ1n) is 11.1. The Morgan fingerprint density at radius 2 is 1.85 bits per heavy atom. The number of benzene rings is 2. The van der Waals surface area contributed by atoms with Crippen LogP contribution in [0.25, 0.3) is 0 Å². The Bertz CT molecular complexity index is 1020. The number of urea groups is 1. The Hall–Kier alpha value is -3.75. The molecule has 2 aromatic rings. The lowest BCUT2D eigenvalue weighted by atomic mass is 10.2. The molecule has 0 unspecified atom stereocenters. The molecule has 0 aliphatic carbocycles. The predicted octanol–water partition coefficient (Wildman–Crippen LogP) is 3.34. The Kier molecular flexibility index (Phi) is 6.97. The molecule has 33 heavy (non-hydrogen) atoms. The fraction of sp³-hybridized carbons (Fsp3) is 0.375. The van der Waals surface area contributed by atoms with Crippen LogP contribution in [0.3, 0.4) is 0 Å². The summed E-state index contributed by atoms with van der Waals surface area (Å²) in [5.74, 6) is 0.801. The lowest BCUT2D eigenvalue weighted by Gasteiger charge is -2.22. The monoisotopic (exact) mass is 453 g/mol. The summed E-state index contributed by atoms with van der Waals surface area (Å²) in [6.07, 6.45) is 1.97. The largest absolute Gasteiger partial charge is 0.486 e. The third-order valence-corrected chi connectivity index (χ3v) is 5.41. The van der Waals surface area contributed by atoms with E-state index in [0.717, 1.165) is 12.8 Å². The third kappa shape index (κ3) is 5.54. The molecule has 4 rings (SSSR count). The van der Waals surface area contributed by atoms with Crippen molar-refractivity contribution in [3.05, 3.63) is 48.0 Å². The smallest absolute Gasteiger partial charge is 0.338 e. The van der Waals surface area contributed by atoms with Crippen LogP contribution in [-0.2, 0) is 9.53 Å². The maximum absolute atomic E-state index is 12.5. The summed E-state index contributed by atoms with van der Waals surface area (Å²) >= 11 is 0. The fourth-order valence-electron chi connectivity index (χ4n) is 3.69. The molecule has 174 valence electrons. The highest BCUT2D eigenvalue weighted by atomic mass is 16.6. The van der Waals surface area contributed by atoms with Crippen LogP contribution in [0.1, 0.15) is 36.5 Å². The first-order chi connectivity index (χ1) is 16.0. The second-order valence-corrected chi connectivity index (χ2v) is 7.90. The van der Waals surface area contributed by atoms with Gasteiger partial charge >= 0.3 is 12.0 Å². The van der Waals surface area contributed by atoms with Gasteiger partial charge in [0.1, 0.15) is 13.2 Å². The molecule has 9 nitrogen and oxygen atoms in total. The number of esters is 1. The van der Waals surface area contributed by atoms with Gasteiger partial charge in [0, 0.05) is 30.4 Å². The minimum absolute atomic E-state index is 0.0806. The van der Waals surface area contributed by atoms with Crippen LogP contribution < -0.4 is 25.0 Å². The number of anilines is 2. The van der Waals surface area contributed by atoms with Crippen LogP contribution in [0.15, 0.2) is 42.5 Å². The second-order valence-electron chi connectivity index (χ2n) is 7.90. The molecule has 1 atom stereocenters. The van der Waals surface area contributed by atoms with Crippen LogP contribution in [0.2, 0.25) is 0 Å². The van der Waals surface area contributed by atoms with Crippen molar-refractivity contribution in [1.29, 1.82) is 0 Å². The minimum Gasteiger partial charge on any atom is -0.486 e. The number of amides is 3. The van der Waals surface area contributed by atoms with Crippen molar-refractivity contribution in [3.8, 4) is 11.5 Å². The molecule has 1 saturated heterocycles. The number of nitrogens with zero attached hydrogens (tertiary/aromatic N) is 1. The molecule has 0 saturated carbocycles. The topological polar surface area (TPSA) is 106 Å². The number of nitrogens with one attached hydrogen (secondary N) is 2. The number of unbranched alkanes of at least 4 members (excludes halogenated alkanes) is 1. The highest BCUT2D eigenvalue weighted by Crippen LogP contribution is 2.35. The quantitative estimate of drug-likeness (QED) is 0.492. The summed E-state index contributed by atoms with van der Waals surface area (Å²) in [5.41, 5.74) is 1.66. The van der Waals surface area contributed by atoms with Gasteiger partial charge in [-0.1, -0.05) is 13.3 Å². The molecule has 2 aromatic carbocycles. The van der Waals surface area contributed by atoms with E-state index < -0.39 is 6.03 Å². The van der Waals surface area contributed by atoms with Crippen molar-refractivity contribution in [2.75, 3.05) is 36.6 Å². The van der Waals surface area contributed by atoms with Gasteiger partial charge in [0.05, 0.1) is 18.2 Å². The SMILES string of the molecule is CCCCOC(=O)c1ccc(NC(=O)N[C@H]2CC(=O)N(c3ccc4c(c3)OCCO4)C2)cc1. The molecule has 0 radical (unpaired) electrons. The summed E-state index contributed by atoms with van der Waals surface area (Å²) in [4.78, 5) is 38.5. The van der Waals surface area contributed by atoms with Crippen molar-refractivity contribution in [1.82, 2.24) is 5.32 Å². The van der Waals surface area contributed by atoms with Crippen molar-refractivity contribution in [2.24, 2.45) is 0 Å². The summed E-state index contributed by atoms with van der Waals surface area (Å²) in [6.45, 7) is 3.74. The number of rotatable bonds is 7. The van der Waals surface area contributed by atoms with Crippen molar-refractivity contribution in [2.45, 2.75) is 32.2 Å². The maximum atomic E-state index is 12.5. The summed E-state index contributed by atoms with van der Waals surface area (Å²) in [7, 11) is 0. The van der Waals surface area contributed by atoms with Crippen LogP contribution in [0.4, 0.5) is 16.2 Å². The average molecular weight is 453 g/mol. The Balaban J connectivity index is 1.29. The zero-order valence-corrected chi connectivity index (χ0v) is 18.5. The molecule has 3 amide bonds. The summed E-state index contributed by atoms with van der Waals surface area (Å²) in [6, 6.07) is 11.1. The van der Waals surface area contributed by atoms with Gasteiger partial charge < -0.3 is 29.7 Å². The van der Waals surface area contributed by atoms with E-state index in [0.29, 0.717) is 54.8 Å². The predicted molar refractivity (Wildman–Crippen MR) is 122 cm³/mol. The third-order valence-electron chi connectivity index (χ3n) is 5.41. The van der Waals surface area contributed by atoms with Crippen LogP contribution in [-0.4, -0.2) is 50.3 Å². The highest BCUT2D eigenvalue weighted by molar-refractivity contribution is 5.98. The lowest BCUT2D eigenvalue weighted by Crippen LogP contribution is -2.39. The first kappa shape index (κ1) is 22.4. The molecule has 0 spiro atoms. The molecule has 2 aliphatic heterocycles. The molecular formula is C24H27N3O6. The molecule has 0 bridgehead atoms. The standard InChI is InChI=1S/C24H27N3O6/c1-2-3-10-33-23(29)16-4-6-17(7-5-16)25-24(30)26-18-13-22(28)27(15-18)19-8-9-20-21(14-19)32-12-11-31-20/h4-9,14,18H,2-3,10-13,15H2,1H3,(H2,25,26,30)/t18-/m0/s1. The Labute approximate surface area is 192 Å². The molecule has 2 aliphatic rings. The summed E-state index contributed by atoms with van der Waals surface area (Å²) in [5, 5.41) is 5.56. The van der Waals surface area contributed by atoms with E-state index in [1.807, 2.05) is 13.0 Å². The number of fused-ring (bicyclic) bond motifs is 1. The number of ether oxygens (including phenoxy) is 3. The molecule has 2 heterocycles. The minimum atomic E-state index is -0.421. The molecule has 2 N–H and O–H groups in total.